The molecule has 1 aromatic rings. The number of carbonyl (C=O) groups excluding carboxylic acids is 1. The molecule has 90 valence electrons. The molecule has 1 aliphatic heterocycles. The van der Waals surface area contributed by atoms with Crippen molar-refractivity contribution < 1.29 is 9.53 Å². The molecule has 0 bridgehead atoms. The van der Waals surface area contributed by atoms with Gasteiger partial charge in [0, 0.05) is 18.0 Å². The lowest BCUT2D eigenvalue weighted by Crippen LogP contribution is -2.33. The molecule has 3 nitrogen and oxygen atoms in total. The van der Waals surface area contributed by atoms with E-state index in [0.29, 0.717) is 18.1 Å². The zero-order valence-electron chi connectivity index (χ0n) is 9.76. The molecular weight excluding hydrogens is 214 g/mol. The van der Waals surface area contributed by atoms with Gasteiger partial charge >= 0.3 is 0 Å². The maximum Gasteiger partial charge on any atom is 0.251 e. The number of ether oxygens (including phenoxy) is 1. The molecule has 17 heavy (non-hydrogen) atoms. The molecule has 3 atom stereocenters. The number of fused-ring (bicyclic) bond motifs is 1. The Labute approximate surface area is 101 Å². The highest BCUT2D eigenvalue weighted by Crippen LogP contribution is 2.40. The first-order valence-electron chi connectivity index (χ1n) is 6.33. The Bertz CT molecular complexity index is 404. The third kappa shape index (κ3) is 2.34. The predicted molar refractivity (Wildman–Crippen MR) is 64.8 cm³/mol. The first kappa shape index (κ1) is 10.8. The standard InChI is InChI=1S/C14H17NO2/c16-14(10-5-2-1-3-6-10)15-9-11-7-4-8-12-13(11)17-12/h1-3,5-6,11-13H,4,7-9H2,(H,15,16)/t11?,12-,13-/m0/s1. The Morgan fingerprint density at radius 2 is 2.12 bits per heavy atom. The average molecular weight is 231 g/mol. The molecule has 1 heterocycles. The monoisotopic (exact) mass is 231 g/mol. The lowest BCUT2D eigenvalue weighted by molar-refractivity contribution is 0.0943. The summed E-state index contributed by atoms with van der Waals surface area (Å²) in [6, 6.07) is 9.37. The van der Waals surface area contributed by atoms with Gasteiger partial charge in [-0.15, -0.1) is 0 Å². The summed E-state index contributed by atoms with van der Waals surface area (Å²) in [6.45, 7) is 0.745. The van der Waals surface area contributed by atoms with Crippen molar-refractivity contribution in [3.63, 3.8) is 0 Å². The molecule has 3 heteroatoms. The van der Waals surface area contributed by atoms with Crippen molar-refractivity contribution in [2.75, 3.05) is 6.54 Å². The zero-order chi connectivity index (χ0) is 11.7. The first-order valence-corrected chi connectivity index (χ1v) is 6.33. The molecule has 1 amide bonds. The lowest BCUT2D eigenvalue weighted by Gasteiger charge is -2.18. The molecule has 1 saturated carbocycles. The molecule has 1 aliphatic carbocycles. The van der Waals surface area contributed by atoms with E-state index in [1.165, 1.54) is 19.3 Å². The van der Waals surface area contributed by atoms with E-state index in [0.717, 1.165) is 12.1 Å². The highest BCUT2D eigenvalue weighted by atomic mass is 16.6. The Morgan fingerprint density at radius 1 is 1.29 bits per heavy atom. The number of hydrogen-bond acceptors (Lipinski definition) is 2. The number of rotatable bonds is 3. The molecular formula is C14H17NO2. The summed E-state index contributed by atoms with van der Waals surface area (Å²) in [5.74, 6) is 0.537. The summed E-state index contributed by atoms with van der Waals surface area (Å²) in [6.07, 6.45) is 4.51. The number of amides is 1. The minimum absolute atomic E-state index is 0.0216. The van der Waals surface area contributed by atoms with Gasteiger partial charge in [-0.2, -0.15) is 0 Å². The summed E-state index contributed by atoms with van der Waals surface area (Å²) in [5, 5.41) is 3.01. The van der Waals surface area contributed by atoms with Gasteiger partial charge in [-0.05, 0) is 25.0 Å². The second-order valence-corrected chi connectivity index (χ2v) is 4.91. The van der Waals surface area contributed by atoms with Crippen molar-refractivity contribution in [1.82, 2.24) is 5.32 Å². The van der Waals surface area contributed by atoms with Crippen LogP contribution in [0.2, 0.25) is 0 Å². The Hall–Kier alpha value is -1.35. The SMILES string of the molecule is O=C(NCC1CCC[C@@H]2O[C@@H]12)c1ccccc1. The van der Waals surface area contributed by atoms with Crippen LogP contribution in [0, 0.1) is 5.92 Å². The van der Waals surface area contributed by atoms with Gasteiger partial charge in [0.05, 0.1) is 12.2 Å². The molecule has 1 unspecified atom stereocenters. The number of nitrogens with one attached hydrogen (secondary N) is 1. The third-order valence-corrected chi connectivity index (χ3v) is 3.71. The molecule has 1 N–H and O–H groups in total. The van der Waals surface area contributed by atoms with Gasteiger partial charge in [0.1, 0.15) is 0 Å². The van der Waals surface area contributed by atoms with Gasteiger partial charge in [-0.25, -0.2) is 0 Å². The highest BCUT2D eigenvalue weighted by Gasteiger charge is 2.46. The van der Waals surface area contributed by atoms with Crippen LogP contribution in [0.5, 0.6) is 0 Å². The molecule has 1 saturated heterocycles. The van der Waals surface area contributed by atoms with Crippen LogP contribution in [0.25, 0.3) is 0 Å². The summed E-state index contributed by atoms with van der Waals surface area (Å²) in [5.41, 5.74) is 0.733. The summed E-state index contributed by atoms with van der Waals surface area (Å²) < 4.78 is 5.58. The molecule has 2 fully saturated rings. The smallest absolute Gasteiger partial charge is 0.251 e. The van der Waals surface area contributed by atoms with Crippen LogP contribution in [-0.4, -0.2) is 24.7 Å². The minimum atomic E-state index is 0.0216. The van der Waals surface area contributed by atoms with E-state index in [1.807, 2.05) is 30.3 Å². The van der Waals surface area contributed by atoms with Gasteiger partial charge in [0.15, 0.2) is 0 Å². The van der Waals surface area contributed by atoms with Crippen LogP contribution in [-0.2, 0) is 4.74 Å². The van der Waals surface area contributed by atoms with Crippen molar-refractivity contribution in [2.24, 2.45) is 5.92 Å². The normalized spacial score (nSPS) is 30.5. The van der Waals surface area contributed by atoms with Gasteiger partial charge in [0.2, 0.25) is 0 Å². The van der Waals surface area contributed by atoms with Crippen LogP contribution in [0.1, 0.15) is 29.6 Å². The molecule has 0 spiro atoms. The van der Waals surface area contributed by atoms with Crippen molar-refractivity contribution >= 4 is 5.91 Å². The van der Waals surface area contributed by atoms with Crippen LogP contribution < -0.4 is 5.32 Å². The van der Waals surface area contributed by atoms with E-state index in [1.54, 1.807) is 0 Å². The molecule has 2 aliphatic rings. The van der Waals surface area contributed by atoms with E-state index >= 15 is 0 Å². The highest BCUT2D eigenvalue weighted by molar-refractivity contribution is 5.94. The topological polar surface area (TPSA) is 41.6 Å². The maximum absolute atomic E-state index is 11.9. The molecule has 0 aromatic heterocycles. The van der Waals surface area contributed by atoms with E-state index < -0.39 is 0 Å². The molecule has 0 radical (unpaired) electrons. The molecule has 1 aromatic carbocycles. The zero-order valence-corrected chi connectivity index (χ0v) is 9.76. The van der Waals surface area contributed by atoms with Crippen LogP contribution in [0.3, 0.4) is 0 Å². The lowest BCUT2D eigenvalue weighted by atomic mass is 9.89. The largest absolute Gasteiger partial charge is 0.369 e. The van der Waals surface area contributed by atoms with Crippen LogP contribution >= 0.6 is 0 Å². The van der Waals surface area contributed by atoms with Crippen molar-refractivity contribution in [2.45, 2.75) is 31.5 Å². The Balaban J connectivity index is 1.52. The fourth-order valence-electron chi connectivity index (χ4n) is 2.68. The van der Waals surface area contributed by atoms with Gasteiger partial charge in [0.25, 0.3) is 5.91 Å². The second kappa shape index (κ2) is 4.49. The second-order valence-electron chi connectivity index (χ2n) is 4.91. The Kier molecular flexibility index (Phi) is 2.85. The maximum atomic E-state index is 11.9. The van der Waals surface area contributed by atoms with E-state index in [-0.39, 0.29) is 5.91 Å². The summed E-state index contributed by atoms with van der Waals surface area (Å²) >= 11 is 0. The van der Waals surface area contributed by atoms with E-state index in [2.05, 4.69) is 5.32 Å². The predicted octanol–water partition coefficient (Wildman–Crippen LogP) is 1.98. The fraction of sp³-hybridized carbons (Fsp3) is 0.500. The van der Waals surface area contributed by atoms with Gasteiger partial charge < -0.3 is 10.1 Å². The van der Waals surface area contributed by atoms with Crippen molar-refractivity contribution in [3.8, 4) is 0 Å². The Morgan fingerprint density at radius 3 is 2.94 bits per heavy atom. The van der Waals surface area contributed by atoms with Crippen molar-refractivity contribution in [1.29, 1.82) is 0 Å². The fourth-order valence-corrected chi connectivity index (χ4v) is 2.68. The number of epoxide rings is 1. The van der Waals surface area contributed by atoms with E-state index in [4.69, 9.17) is 4.74 Å². The summed E-state index contributed by atoms with van der Waals surface area (Å²) in [4.78, 5) is 11.9. The molecule has 3 rings (SSSR count). The number of benzene rings is 1. The average Bonchev–Trinajstić information content (AvgIpc) is 3.16. The number of hydrogen-bond donors (Lipinski definition) is 1. The van der Waals surface area contributed by atoms with Crippen LogP contribution in [0.4, 0.5) is 0 Å². The minimum Gasteiger partial charge on any atom is -0.369 e. The number of carbonyl (C=O) groups is 1. The summed E-state index contributed by atoms with van der Waals surface area (Å²) in [7, 11) is 0. The van der Waals surface area contributed by atoms with Crippen LogP contribution in [0.15, 0.2) is 30.3 Å². The van der Waals surface area contributed by atoms with E-state index in [9.17, 15) is 4.79 Å². The van der Waals surface area contributed by atoms with Crippen molar-refractivity contribution in [3.05, 3.63) is 35.9 Å². The van der Waals surface area contributed by atoms with Gasteiger partial charge in [-0.1, -0.05) is 24.6 Å². The first-order chi connectivity index (χ1) is 8.34. The quantitative estimate of drug-likeness (QED) is 0.808. The van der Waals surface area contributed by atoms with Gasteiger partial charge in [-0.3, -0.25) is 4.79 Å². The third-order valence-electron chi connectivity index (χ3n) is 3.71.